The molecule has 1 aromatic carbocycles. The fourth-order valence-corrected chi connectivity index (χ4v) is 1.66. The lowest BCUT2D eigenvalue weighted by Crippen LogP contribution is -2.17. The molecule has 0 radical (unpaired) electrons. The van der Waals surface area contributed by atoms with Crippen LogP contribution < -0.4 is 4.74 Å². The number of hydrogen-bond donors (Lipinski definition) is 0. The minimum atomic E-state index is -4.79. The van der Waals surface area contributed by atoms with Crippen molar-refractivity contribution in [2.24, 2.45) is 0 Å². The normalized spacial score (nSPS) is 11.3. The van der Waals surface area contributed by atoms with E-state index < -0.39 is 17.9 Å². The molecule has 1 aromatic heterocycles. The number of nitrogens with zero attached hydrogens (tertiary/aromatic N) is 2. The molecule has 18 heavy (non-hydrogen) atoms. The molecule has 0 atom stereocenters. The summed E-state index contributed by atoms with van der Waals surface area (Å²) in [4.78, 5) is 11.8. The van der Waals surface area contributed by atoms with Crippen molar-refractivity contribution in [1.29, 1.82) is 0 Å². The van der Waals surface area contributed by atoms with Gasteiger partial charge in [0.25, 0.3) is 0 Å². The van der Waals surface area contributed by atoms with Gasteiger partial charge in [-0.15, -0.1) is 13.2 Å². The molecule has 8 heteroatoms. The Labute approximate surface area is 103 Å². The zero-order chi connectivity index (χ0) is 13.2. The van der Waals surface area contributed by atoms with Crippen LogP contribution in [0.1, 0.15) is 16.1 Å². The maximum atomic E-state index is 12.0. The predicted octanol–water partition coefficient (Wildman–Crippen LogP) is 2.67. The number of benzene rings is 1. The first-order chi connectivity index (χ1) is 8.46. The van der Waals surface area contributed by atoms with Crippen LogP contribution in [0.25, 0.3) is 0 Å². The molecule has 2 rings (SSSR count). The average Bonchev–Trinajstić information content (AvgIpc) is 2.79. The van der Waals surface area contributed by atoms with Gasteiger partial charge in [0.1, 0.15) is 11.4 Å². The topological polar surface area (TPSA) is 52.1 Å². The summed E-state index contributed by atoms with van der Waals surface area (Å²) in [6, 6.07) is 4.80. The summed E-state index contributed by atoms with van der Waals surface area (Å²) in [6.07, 6.45) is -3.53. The van der Waals surface area contributed by atoms with Gasteiger partial charge < -0.3 is 4.74 Å². The summed E-state index contributed by atoms with van der Waals surface area (Å²) in [7, 11) is 0. The smallest absolute Gasteiger partial charge is 0.406 e. The minimum Gasteiger partial charge on any atom is -0.406 e. The van der Waals surface area contributed by atoms with Crippen LogP contribution in [0.15, 0.2) is 30.5 Å². The summed E-state index contributed by atoms with van der Waals surface area (Å²) < 4.78 is 47.1. The fraction of sp³-hybridized carbons (Fsp3) is 0.100. The molecule has 0 amide bonds. The second kappa shape index (κ2) is 4.73. The van der Waals surface area contributed by atoms with Crippen molar-refractivity contribution in [3.63, 3.8) is 0 Å². The lowest BCUT2D eigenvalue weighted by atomic mass is 10.1. The first-order valence-electron chi connectivity index (χ1n) is 4.64. The highest BCUT2D eigenvalue weighted by Crippen LogP contribution is 2.24. The minimum absolute atomic E-state index is 0.0597. The summed E-state index contributed by atoms with van der Waals surface area (Å²) in [6.45, 7) is 0. The van der Waals surface area contributed by atoms with Crippen molar-refractivity contribution in [2.45, 2.75) is 6.36 Å². The van der Waals surface area contributed by atoms with E-state index in [2.05, 4.69) is 13.5 Å². The van der Waals surface area contributed by atoms with Crippen molar-refractivity contribution in [2.75, 3.05) is 0 Å². The summed E-state index contributed by atoms with van der Waals surface area (Å²) >= 11 is 0.845. The van der Waals surface area contributed by atoms with Crippen LogP contribution in [0.4, 0.5) is 13.2 Å². The highest BCUT2D eigenvalue weighted by molar-refractivity contribution is 6.99. The first kappa shape index (κ1) is 12.5. The molecule has 2 aromatic rings. The van der Waals surface area contributed by atoms with Crippen molar-refractivity contribution in [3.8, 4) is 5.75 Å². The molecule has 0 N–H and O–H groups in total. The molecule has 94 valence electrons. The molecule has 1 heterocycles. The third-order valence-electron chi connectivity index (χ3n) is 1.92. The van der Waals surface area contributed by atoms with Crippen LogP contribution in [0.3, 0.4) is 0 Å². The van der Waals surface area contributed by atoms with E-state index >= 15 is 0 Å². The number of rotatable bonds is 3. The third-order valence-corrected chi connectivity index (χ3v) is 2.40. The van der Waals surface area contributed by atoms with Crippen LogP contribution in [-0.4, -0.2) is 20.9 Å². The number of halogens is 3. The Balaban J connectivity index is 2.25. The Bertz CT molecular complexity index is 555. The number of aromatic nitrogens is 2. The predicted molar refractivity (Wildman–Crippen MR) is 56.5 cm³/mol. The van der Waals surface area contributed by atoms with E-state index in [1.807, 2.05) is 0 Å². The molecule has 0 spiro atoms. The van der Waals surface area contributed by atoms with Crippen molar-refractivity contribution in [1.82, 2.24) is 8.75 Å². The molecule has 0 bridgehead atoms. The monoisotopic (exact) mass is 274 g/mol. The van der Waals surface area contributed by atoms with Gasteiger partial charge in [0.15, 0.2) is 0 Å². The van der Waals surface area contributed by atoms with Crippen LogP contribution in [0.5, 0.6) is 5.75 Å². The largest absolute Gasteiger partial charge is 0.573 e. The molecule has 0 aliphatic rings. The van der Waals surface area contributed by atoms with Gasteiger partial charge in [-0.25, -0.2) is 0 Å². The maximum Gasteiger partial charge on any atom is 0.573 e. The van der Waals surface area contributed by atoms with Crippen LogP contribution in [0, 0.1) is 0 Å². The Morgan fingerprint density at radius 1 is 1.33 bits per heavy atom. The van der Waals surface area contributed by atoms with Gasteiger partial charge in [-0.1, -0.05) is 12.1 Å². The van der Waals surface area contributed by atoms with Crippen LogP contribution >= 0.6 is 11.7 Å². The van der Waals surface area contributed by atoms with E-state index in [-0.39, 0.29) is 11.3 Å². The average molecular weight is 274 g/mol. The molecule has 0 aliphatic carbocycles. The van der Waals surface area contributed by atoms with Gasteiger partial charge in [-0.05, 0) is 12.1 Å². The molecule has 4 nitrogen and oxygen atoms in total. The highest BCUT2D eigenvalue weighted by Gasteiger charge is 2.31. The third kappa shape index (κ3) is 3.04. The summed E-state index contributed by atoms with van der Waals surface area (Å²) in [5.41, 5.74) is 0.147. The van der Waals surface area contributed by atoms with Gasteiger partial charge in [-0.3, -0.25) is 4.79 Å². The zero-order valence-corrected chi connectivity index (χ0v) is 9.46. The molecule has 0 saturated carbocycles. The number of alkyl halides is 3. The summed E-state index contributed by atoms with van der Waals surface area (Å²) in [5, 5.41) is 0. The number of carbonyl (C=O) groups excluding carboxylic acids is 1. The molecule has 0 saturated heterocycles. The van der Waals surface area contributed by atoms with Crippen molar-refractivity contribution < 1.29 is 22.7 Å². The summed E-state index contributed by atoms with van der Waals surface area (Å²) in [5.74, 6) is -0.951. The van der Waals surface area contributed by atoms with Gasteiger partial charge in [-0.2, -0.15) is 8.75 Å². The number of hydrogen-bond acceptors (Lipinski definition) is 5. The molecule has 0 fully saturated rings. The Kier molecular flexibility index (Phi) is 3.28. The first-order valence-corrected chi connectivity index (χ1v) is 5.37. The fourth-order valence-electron chi connectivity index (χ4n) is 1.25. The highest BCUT2D eigenvalue weighted by atomic mass is 32.1. The SMILES string of the molecule is O=C(c1cccc(OC(F)(F)F)c1)c1cnsn1. The van der Waals surface area contributed by atoms with Crippen LogP contribution in [-0.2, 0) is 0 Å². The van der Waals surface area contributed by atoms with Gasteiger partial charge in [0.2, 0.25) is 5.78 Å². The molecule has 0 unspecified atom stereocenters. The van der Waals surface area contributed by atoms with E-state index in [0.29, 0.717) is 0 Å². The van der Waals surface area contributed by atoms with Crippen LogP contribution in [0.2, 0.25) is 0 Å². The van der Waals surface area contributed by atoms with E-state index in [0.717, 1.165) is 23.9 Å². The van der Waals surface area contributed by atoms with Crippen molar-refractivity contribution >= 4 is 17.5 Å². The van der Waals surface area contributed by atoms with Gasteiger partial charge in [0, 0.05) is 5.56 Å². The van der Waals surface area contributed by atoms with E-state index in [4.69, 9.17) is 0 Å². The van der Waals surface area contributed by atoms with Gasteiger partial charge >= 0.3 is 6.36 Å². The number of carbonyl (C=O) groups is 1. The standard InChI is InChI=1S/C10H5F3N2O2S/c11-10(12,13)17-7-3-1-2-6(4-7)9(16)8-5-14-18-15-8/h1-5H. The lowest BCUT2D eigenvalue weighted by Gasteiger charge is -2.09. The van der Waals surface area contributed by atoms with E-state index in [9.17, 15) is 18.0 Å². The molecular weight excluding hydrogens is 269 g/mol. The lowest BCUT2D eigenvalue weighted by molar-refractivity contribution is -0.274. The molecular formula is C10H5F3N2O2S. The Morgan fingerprint density at radius 3 is 2.72 bits per heavy atom. The molecule has 0 aliphatic heterocycles. The zero-order valence-electron chi connectivity index (χ0n) is 8.64. The maximum absolute atomic E-state index is 12.0. The quantitative estimate of drug-likeness (QED) is 0.807. The van der Waals surface area contributed by atoms with Gasteiger partial charge in [0.05, 0.1) is 17.9 Å². The number of ether oxygens (including phenoxy) is 1. The second-order valence-corrected chi connectivity index (χ2v) is 3.75. The van der Waals surface area contributed by atoms with Crippen molar-refractivity contribution in [3.05, 3.63) is 41.7 Å². The Hall–Kier alpha value is -1.96. The number of ketones is 1. The second-order valence-electron chi connectivity index (χ2n) is 3.20. The van der Waals surface area contributed by atoms with E-state index in [1.165, 1.54) is 18.3 Å². The van der Waals surface area contributed by atoms with E-state index in [1.54, 1.807) is 0 Å². The Morgan fingerprint density at radius 2 is 2.11 bits per heavy atom.